The summed E-state index contributed by atoms with van der Waals surface area (Å²) in [4.78, 5) is 14.0. The fraction of sp³-hybridized carbons (Fsp3) is 0.588. The predicted molar refractivity (Wildman–Crippen MR) is 89.7 cm³/mol. The van der Waals surface area contributed by atoms with Crippen LogP contribution in [0.1, 0.15) is 52.6 Å². The first kappa shape index (κ1) is 17.5. The van der Waals surface area contributed by atoms with Gasteiger partial charge in [-0.15, -0.1) is 0 Å². The smallest absolute Gasteiger partial charge is 0.322 e. The van der Waals surface area contributed by atoms with Crippen molar-refractivity contribution in [2.24, 2.45) is 0 Å². The van der Waals surface area contributed by atoms with Crippen molar-refractivity contribution in [3.8, 4) is 0 Å². The highest BCUT2D eigenvalue weighted by Crippen LogP contribution is 2.19. The predicted octanol–water partition coefficient (Wildman–Crippen LogP) is 4.01. The zero-order valence-corrected chi connectivity index (χ0v) is 14.2. The van der Waals surface area contributed by atoms with Crippen molar-refractivity contribution >= 4 is 11.7 Å². The SMILES string of the molecule is CCNC(C)c1ccc(NC(=O)N(C)C(C)(C)CC)cc1. The Morgan fingerprint density at radius 3 is 2.29 bits per heavy atom. The fourth-order valence-electron chi connectivity index (χ4n) is 2.00. The zero-order chi connectivity index (χ0) is 16.0. The Morgan fingerprint density at radius 2 is 1.81 bits per heavy atom. The molecule has 0 spiro atoms. The molecule has 0 aliphatic heterocycles. The topological polar surface area (TPSA) is 44.4 Å². The van der Waals surface area contributed by atoms with Crippen LogP contribution in [0.4, 0.5) is 10.5 Å². The van der Waals surface area contributed by atoms with Crippen LogP contribution in [0.5, 0.6) is 0 Å². The van der Waals surface area contributed by atoms with Crippen LogP contribution in [0.2, 0.25) is 0 Å². The van der Waals surface area contributed by atoms with Gasteiger partial charge in [0.05, 0.1) is 0 Å². The average Bonchev–Trinajstić information content (AvgIpc) is 2.47. The van der Waals surface area contributed by atoms with E-state index in [9.17, 15) is 4.79 Å². The number of amides is 2. The van der Waals surface area contributed by atoms with Crippen LogP contribution in [0.15, 0.2) is 24.3 Å². The van der Waals surface area contributed by atoms with E-state index < -0.39 is 0 Å². The number of hydrogen-bond donors (Lipinski definition) is 2. The maximum absolute atomic E-state index is 12.2. The van der Waals surface area contributed by atoms with E-state index in [0.29, 0.717) is 6.04 Å². The molecule has 0 aliphatic rings. The van der Waals surface area contributed by atoms with Crippen molar-refractivity contribution in [3.05, 3.63) is 29.8 Å². The minimum absolute atomic E-state index is 0.0747. The number of nitrogens with one attached hydrogen (secondary N) is 2. The van der Waals surface area contributed by atoms with E-state index >= 15 is 0 Å². The van der Waals surface area contributed by atoms with Gasteiger partial charge < -0.3 is 15.5 Å². The van der Waals surface area contributed by atoms with Gasteiger partial charge in [0.1, 0.15) is 0 Å². The number of hydrogen-bond acceptors (Lipinski definition) is 2. The summed E-state index contributed by atoms with van der Waals surface area (Å²) in [5, 5.41) is 6.32. The minimum atomic E-state index is -0.149. The standard InChI is InChI=1S/C17H29N3O/c1-7-17(4,5)20(6)16(21)19-15-11-9-14(10-12-15)13(3)18-8-2/h9-13,18H,7-8H2,1-6H3,(H,19,21). The van der Waals surface area contributed by atoms with Crippen LogP contribution >= 0.6 is 0 Å². The fourth-order valence-corrected chi connectivity index (χ4v) is 2.00. The maximum atomic E-state index is 12.2. The maximum Gasteiger partial charge on any atom is 0.322 e. The van der Waals surface area contributed by atoms with Crippen molar-refractivity contribution < 1.29 is 4.79 Å². The first-order valence-corrected chi connectivity index (χ1v) is 7.70. The van der Waals surface area contributed by atoms with E-state index in [1.54, 1.807) is 4.90 Å². The molecule has 1 rings (SSSR count). The van der Waals surface area contributed by atoms with Crippen molar-refractivity contribution in [2.75, 3.05) is 18.9 Å². The third kappa shape index (κ3) is 4.74. The van der Waals surface area contributed by atoms with E-state index in [1.807, 2.05) is 31.3 Å². The molecular formula is C17H29N3O. The minimum Gasteiger partial charge on any atom is -0.322 e. The molecule has 1 aromatic carbocycles. The second kappa shape index (κ2) is 7.46. The van der Waals surface area contributed by atoms with Crippen molar-refractivity contribution in [2.45, 2.75) is 52.6 Å². The van der Waals surface area contributed by atoms with E-state index in [-0.39, 0.29) is 11.6 Å². The number of carbonyl (C=O) groups excluding carboxylic acids is 1. The molecule has 0 aromatic heterocycles. The monoisotopic (exact) mass is 291 g/mol. The Morgan fingerprint density at radius 1 is 1.24 bits per heavy atom. The molecule has 0 aliphatic carbocycles. The number of nitrogens with zero attached hydrogens (tertiary/aromatic N) is 1. The summed E-state index contributed by atoms with van der Waals surface area (Å²) in [7, 11) is 1.83. The number of urea groups is 1. The number of carbonyl (C=O) groups is 1. The van der Waals surface area contributed by atoms with Gasteiger partial charge in [0, 0.05) is 24.3 Å². The summed E-state index contributed by atoms with van der Waals surface area (Å²) in [5.41, 5.74) is 1.90. The van der Waals surface area contributed by atoms with E-state index in [0.717, 1.165) is 18.7 Å². The Balaban J connectivity index is 2.70. The highest BCUT2D eigenvalue weighted by atomic mass is 16.2. The lowest BCUT2D eigenvalue weighted by atomic mass is 10.0. The molecule has 0 saturated carbocycles. The molecule has 4 heteroatoms. The molecule has 4 nitrogen and oxygen atoms in total. The molecule has 1 atom stereocenters. The number of benzene rings is 1. The highest BCUT2D eigenvalue weighted by molar-refractivity contribution is 5.89. The number of rotatable bonds is 6. The molecular weight excluding hydrogens is 262 g/mol. The molecule has 0 fully saturated rings. The van der Waals surface area contributed by atoms with Gasteiger partial charge in [0.15, 0.2) is 0 Å². The van der Waals surface area contributed by atoms with Crippen LogP contribution in [0, 0.1) is 0 Å². The Labute approximate surface area is 128 Å². The lowest BCUT2D eigenvalue weighted by Crippen LogP contribution is -2.46. The van der Waals surface area contributed by atoms with Gasteiger partial charge in [-0.1, -0.05) is 26.0 Å². The third-order valence-electron chi connectivity index (χ3n) is 4.25. The van der Waals surface area contributed by atoms with Gasteiger partial charge in [0.2, 0.25) is 0 Å². The second-order valence-corrected chi connectivity index (χ2v) is 6.06. The summed E-state index contributed by atoms with van der Waals surface area (Å²) >= 11 is 0. The van der Waals surface area contributed by atoms with Crippen LogP contribution in [0.25, 0.3) is 0 Å². The van der Waals surface area contributed by atoms with Gasteiger partial charge in [-0.25, -0.2) is 4.79 Å². The van der Waals surface area contributed by atoms with Crippen LogP contribution in [0.3, 0.4) is 0 Å². The lowest BCUT2D eigenvalue weighted by Gasteiger charge is -2.34. The first-order valence-electron chi connectivity index (χ1n) is 7.70. The van der Waals surface area contributed by atoms with Gasteiger partial charge in [0.25, 0.3) is 0 Å². The molecule has 21 heavy (non-hydrogen) atoms. The summed E-state index contributed by atoms with van der Waals surface area (Å²) in [6, 6.07) is 8.25. The summed E-state index contributed by atoms with van der Waals surface area (Å²) in [5.74, 6) is 0. The molecule has 2 N–H and O–H groups in total. The van der Waals surface area contributed by atoms with Crippen molar-refractivity contribution in [1.29, 1.82) is 0 Å². The van der Waals surface area contributed by atoms with E-state index in [2.05, 4.69) is 45.3 Å². The van der Waals surface area contributed by atoms with Crippen LogP contribution < -0.4 is 10.6 Å². The highest BCUT2D eigenvalue weighted by Gasteiger charge is 2.25. The van der Waals surface area contributed by atoms with Gasteiger partial charge in [-0.3, -0.25) is 0 Å². The largest absolute Gasteiger partial charge is 0.322 e. The molecule has 0 heterocycles. The molecule has 118 valence electrons. The summed E-state index contributed by atoms with van der Waals surface area (Å²) < 4.78 is 0. The van der Waals surface area contributed by atoms with Gasteiger partial charge in [-0.2, -0.15) is 0 Å². The quantitative estimate of drug-likeness (QED) is 0.831. The summed E-state index contributed by atoms with van der Waals surface area (Å²) in [6.45, 7) is 11.4. The Kier molecular flexibility index (Phi) is 6.21. The third-order valence-corrected chi connectivity index (χ3v) is 4.25. The van der Waals surface area contributed by atoms with Gasteiger partial charge in [-0.05, 0) is 51.4 Å². The molecule has 2 amide bonds. The normalized spacial score (nSPS) is 12.9. The van der Waals surface area contributed by atoms with Gasteiger partial charge >= 0.3 is 6.03 Å². The van der Waals surface area contributed by atoms with Crippen molar-refractivity contribution in [3.63, 3.8) is 0 Å². The average molecular weight is 291 g/mol. The molecule has 1 aromatic rings. The van der Waals surface area contributed by atoms with Crippen molar-refractivity contribution in [1.82, 2.24) is 10.2 Å². The zero-order valence-electron chi connectivity index (χ0n) is 14.2. The van der Waals surface area contributed by atoms with E-state index in [1.165, 1.54) is 5.56 Å². The lowest BCUT2D eigenvalue weighted by molar-refractivity contribution is 0.165. The van der Waals surface area contributed by atoms with E-state index in [4.69, 9.17) is 0 Å². The van der Waals surface area contributed by atoms with Crippen LogP contribution in [-0.4, -0.2) is 30.1 Å². The molecule has 1 unspecified atom stereocenters. The first-order chi connectivity index (χ1) is 9.81. The van der Waals surface area contributed by atoms with Crippen LogP contribution in [-0.2, 0) is 0 Å². The Bertz CT molecular complexity index is 454. The second-order valence-electron chi connectivity index (χ2n) is 6.06. The summed E-state index contributed by atoms with van der Waals surface area (Å²) in [6.07, 6.45) is 0.913. The Hall–Kier alpha value is -1.55. The molecule has 0 radical (unpaired) electrons. The number of anilines is 1. The molecule has 0 saturated heterocycles. The molecule has 0 bridgehead atoms.